The molecule has 1 aliphatic carbocycles. The molecule has 29 heavy (non-hydrogen) atoms. The van der Waals surface area contributed by atoms with Gasteiger partial charge in [-0.3, -0.25) is 0 Å². The van der Waals surface area contributed by atoms with Gasteiger partial charge in [-0.15, -0.1) is 11.3 Å². The zero-order valence-electron chi connectivity index (χ0n) is 15.4. The van der Waals surface area contributed by atoms with E-state index in [0.717, 1.165) is 30.0 Å². The van der Waals surface area contributed by atoms with Crippen molar-refractivity contribution in [3.05, 3.63) is 76.3 Å². The first kappa shape index (κ1) is 19.7. The van der Waals surface area contributed by atoms with Crippen molar-refractivity contribution in [1.29, 1.82) is 0 Å². The van der Waals surface area contributed by atoms with Crippen molar-refractivity contribution in [2.75, 3.05) is 5.73 Å². The van der Waals surface area contributed by atoms with Crippen molar-refractivity contribution in [2.24, 2.45) is 0 Å². The molecule has 0 unspecified atom stereocenters. The lowest BCUT2D eigenvalue weighted by atomic mass is 10.1. The van der Waals surface area contributed by atoms with Crippen molar-refractivity contribution in [3.63, 3.8) is 0 Å². The summed E-state index contributed by atoms with van der Waals surface area (Å²) in [5, 5.41) is 4.08. The minimum absolute atomic E-state index is 0.0921. The molecule has 1 heterocycles. The molecule has 1 fully saturated rings. The summed E-state index contributed by atoms with van der Waals surface area (Å²) in [5.74, 6) is 1.09. The number of benzene rings is 2. The number of halogens is 3. The summed E-state index contributed by atoms with van der Waals surface area (Å²) in [6.07, 6.45) is -1.49. The van der Waals surface area contributed by atoms with E-state index in [0.29, 0.717) is 28.4 Å². The van der Waals surface area contributed by atoms with Crippen LogP contribution in [-0.4, -0.2) is 11.0 Å². The van der Waals surface area contributed by atoms with Crippen LogP contribution in [0.2, 0.25) is 0 Å². The molecule has 0 aliphatic heterocycles. The molecule has 0 radical (unpaired) electrons. The molecule has 2 atom stereocenters. The van der Waals surface area contributed by atoms with Crippen LogP contribution in [0, 0.1) is 0 Å². The first-order valence-electron chi connectivity index (χ1n) is 9.21. The van der Waals surface area contributed by atoms with Crippen LogP contribution >= 0.6 is 11.3 Å². The summed E-state index contributed by atoms with van der Waals surface area (Å²) >= 11 is 1.49. The maximum atomic E-state index is 12.8. The highest BCUT2D eigenvalue weighted by Gasteiger charge is 2.37. The third kappa shape index (κ3) is 5.07. The van der Waals surface area contributed by atoms with Crippen molar-refractivity contribution in [1.82, 2.24) is 10.3 Å². The van der Waals surface area contributed by atoms with Gasteiger partial charge in [-0.25, -0.2) is 4.98 Å². The van der Waals surface area contributed by atoms with E-state index in [9.17, 15) is 13.2 Å². The summed E-state index contributed by atoms with van der Waals surface area (Å²) in [6, 6.07) is 13.4. The second-order valence-corrected chi connectivity index (χ2v) is 8.20. The van der Waals surface area contributed by atoms with Crippen LogP contribution in [0.5, 0.6) is 5.75 Å². The van der Waals surface area contributed by atoms with Gasteiger partial charge in [-0.05, 0) is 41.8 Å². The van der Waals surface area contributed by atoms with E-state index in [4.69, 9.17) is 10.5 Å². The molecule has 3 N–H and O–H groups in total. The van der Waals surface area contributed by atoms with Gasteiger partial charge < -0.3 is 15.8 Å². The van der Waals surface area contributed by atoms with Gasteiger partial charge in [0.05, 0.1) is 5.56 Å². The molecule has 0 saturated heterocycles. The van der Waals surface area contributed by atoms with E-state index in [2.05, 4.69) is 10.3 Å². The second kappa shape index (κ2) is 8.04. The number of anilines is 1. The first-order chi connectivity index (χ1) is 13.9. The zero-order chi connectivity index (χ0) is 20.4. The molecular formula is C21H20F3N3OS. The van der Waals surface area contributed by atoms with Gasteiger partial charge in [0.1, 0.15) is 12.4 Å². The number of hydrogen-bond acceptors (Lipinski definition) is 5. The molecule has 1 saturated carbocycles. The summed E-state index contributed by atoms with van der Waals surface area (Å²) in [5.41, 5.74) is 6.68. The molecule has 4 nitrogen and oxygen atoms in total. The quantitative estimate of drug-likeness (QED) is 0.568. The SMILES string of the molecule is Nc1ncc(CN[C@H]2C[C@@H]2c2ccc(OCc3cccc(C(F)(F)F)c3)cc2)s1. The second-order valence-electron chi connectivity index (χ2n) is 7.05. The number of aromatic nitrogens is 1. The predicted molar refractivity (Wildman–Crippen MR) is 107 cm³/mol. The topological polar surface area (TPSA) is 60.2 Å². The molecule has 3 aromatic rings. The molecule has 152 valence electrons. The van der Waals surface area contributed by atoms with E-state index in [1.165, 1.54) is 23.0 Å². The predicted octanol–water partition coefficient (Wildman–Crippen LogP) is 4.97. The Morgan fingerprint density at radius 3 is 2.66 bits per heavy atom. The number of nitrogens with two attached hydrogens (primary N) is 1. The third-order valence-corrected chi connectivity index (χ3v) is 5.69. The Hall–Kier alpha value is -2.58. The lowest BCUT2D eigenvalue weighted by Crippen LogP contribution is -2.16. The van der Waals surface area contributed by atoms with Crippen LogP contribution < -0.4 is 15.8 Å². The standard InChI is InChI=1S/C21H20F3N3OS/c22-21(23,24)15-3-1-2-13(8-15)12-28-16-6-4-14(5-7-16)18-9-19(18)26-10-17-11-27-20(25)29-17/h1-8,11,18-19,26H,9-10,12H2,(H2,25,27)/t18-,19+/m1/s1. The average molecular weight is 419 g/mol. The Kier molecular flexibility index (Phi) is 5.47. The number of ether oxygens (including phenoxy) is 1. The molecule has 0 bridgehead atoms. The molecule has 0 spiro atoms. The Bertz CT molecular complexity index is 972. The number of nitrogens with zero attached hydrogens (tertiary/aromatic N) is 1. The Balaban J connectivity index is 1.28. The van der Waals surface area contributed by atoms with Gasteiger partial charge in [-0.1, -0.05) is 24.3 Å². The van der Waals surface area contributed by atoms with Crippen LogP contribution in [0.25, 0.3) is 0 Å². The smallest absolute Gasteiger partial charge is 0.416 e. The molecule has 0 amide bonds. The number of alkyl halides is 3. The zero-order valence-corrected chi connectivity index (χ0v) is 16.3. The van der Waals surface area contributed by atoms with Crippen LogP contribution in [0.1, 0.15) is 33.9 Å². The van der Waals surface area contributed by atoms with E-state index in [-0.39, 0.29) is 6.61 Å². The van der Waals surface area contributed by atoms with E-state index >= 15 is 0 Å². The van der Waals surface area contributed by atoms with Crippen molar-refractivity contribution >= 4 is 16.5 Å². The molecule has 4 rings (SSSR count). The largest absolute Gasteiger partial charge is 0.489 e. The monoisotopic (exact) mass is 419 g/mol. The van der Waals surface area contributed by atoms with Crippen LogP contribution in [0.15, 0.2) is 54.7 Å². The van der Waals surface area contributed by atoms with E-state index < -0.39 is 11.7 Å². The summed E-state index contributed by atoms with van der Waals surface area (Å²) in [7, 11) is 0. The fourth-order valence-corrected chi connectivity index (χ4v) is 3.88. The molecule has 1 aliphatic rings. The highest BCUT2D eigenvalue weighted by atomic mass is 32.1. The Morgan fingerprint density at radius 1 is 1.17 bits per heavy atom. The lowest BCUT2D eigenvalue weighted by molar-refractivity contribution is -0.137. The van der Waals surface area contributed by atoms with Crippen molar-refractivity contribution < 1.29 is 17.9 Å². The van der Waals surface area contributed by atoms with Crippen molar-refractivity contribution in [3.8, 4) is 5.75 Å². The van der Waals surface area contributed by atoms with Crippen LogP contribution in [0.4, 0.5) is 18.3 Å². The highest BCUT2D eigenvalue weighted by Crippen LogP contribution is 2.41. The summed E-state index contributed by atoms with van der Waals surface area (Å²) < 4.78 is 44.0. The van der Waals surface area contributed by atoms with Gasteiger partial charge in [0, 0.05) is 29.6 Å². The summed E-state index contributed by atoms with van der Waals surface area (Å²) in [6.45, 7) is 0.850. The van der Waals surface area contributed by atoms with Gasteiger partial charge in [0.25, 0.3) is 0 Å². The molecule has 8 heteroatoms. The number of nitrogens with one attached hydrogen (secondary N) is 1. The van der Waals surface area contributed by atoms with Gasteiger partial charge in [0.15, 0.2) is 5.13 Å². The fraction of sp³-hybridized carbons (Fsp3) is 0.286. The lowest BCUT2D eigenvalue weighted by Gasteiger charge is -2.10. The minimum atomic E-state index is -4.35. The highest BCUT2D eigenvalue weighted by molar-refractivity contribution is 7.15. The number of nitrogen functional groups attached to an aromatic ring is 1. The Morgan fingerprint density at radius 2 is 1.97 bits per heavy atom. The fourth-order valence-electron chi connectivity index (χ4n) is 3.24. The maximum absolute atomic E-state index is 12.8. The third-order valence-electron chi connectivity index (χ3n) is 4.87. The normalized spacial score (nSPS) is 18.6. The first-order valence-corrected chi connectivity index (χ1v) is 10.0. The molecular weight excluding hydrogens is 399 g/mol. The van der Waals surface area contributed by atoms with Gasteiger partial charge in [-0.2, -0.15) is 13.2 Å². The number of rotatable bonds is 7. The molecule has 2 aromatic carbocycles. The van der Waals surface area contributed by atoms with E-state index in [1.54, 1.807) is 12.3 Å². The van der Waals surface area contributed by atoms with Crippen LogP contribution in [0.3, 0.4) is 0 Å². The van der Waals surface area contributed by atoms with Gasteiger partial charge in [0.2, 0.25) is 0 Å². The van der Waals surface area contributed by atoms with E-state index in [1.807, 2.05) is 24.3 Å². The molecule has 1 aromatic heterocycles. The summed E-state index contributed by atoms with van der Waals surface area (Å²) in [4.78, 5) is 5.16. The van der Waals surface area contributed by atoms with Gasteiger partial charge >= 0.3 is 6.18 Å². The Labute approximate surface area is 170 Å². The minimum Gasteiger partial charge on any atom is -0.489 e. The number of hydrogen-bond donors (Lipinski definition) is 2. The van der Waals surface area contributed by atoms with Crippen molar-refractivity contribution in [2.45, 2.75) is 37.7 Å². The maximum Gasteiger partial charge on any atom is 0.416 e. The van der Waals surface area contributed by atoms with Crippen LogP contribution in [-0.2, 0) is 19.3 Å². The number of thiazole rings is 1. The average Bonchev–Trinajstić information content (AvgIpc) is 3.37.